The first-order chi connectivity index (χ1) is 7.82. The van der Waals surface area contributed by atoms with Gasteiger partial charge in [-0.2, -0.15) is 0 Å². The number of halogens is 1. The van der Waals surface area contributed by atoms with E-state index in [0.717, 1.165) is 11.3 Å². The average Bonchev–Trinajstić information content (AvgIpc) is 2.57. The van der Waals surface area contributed by atoms with Gasteiger partial charge in [-0.25, -0.2) is 4.39 Å². The number of nitrogens with zero attached hydrogens (tertiary/aromatic N) is 1. The van der Waals surface area contributed by atoms with Gasteiger partial charge in [0.25, 0.3) is 0 Å². The number of anilines is 1. The molecule has 0 fully saturated rings. The van der Waals surface area contributed by atoms with Crippen molar-refractivity contribution < 1.29 is 9.50 Å². The van der Waals surface area contributed by atoms with Crippen molar-refractivity contribution in [3.8, 4) is 0 Å². The maximum atomic E-state index is 13.8. The number of fused-ring (bicyclic) bond motifs is 1. The highest BCUT2D eigenvalue weighted by Gasteiger charge is 2.40. The zero-order valence-electron chi connectivity index (χ0n) is 10.9. The monoisotopic (exact) mass is 237 g/mol. The molecule has 1 unspecified atom stereocenters. The molecule has 17 heavy (non-hydrogen) atoms. The smallest absolute Gasteiger partial charge is 0.128 e. The minimum atomic E-state index is -0.838. The summed E-state index contributed by atoms with van der Waals surface area (Å²) in [5, 5.41) is 10.2. The number of aliphatic hydroxyl groups is 1. The highest BCUT2D eigenvalue weighted by Crippen LogP contribution is 2.39. The van der Waals surface area contributed by atoms with Crippen LogP contribution >= 0.6 is 0 Å². The van der Waals surface area contributed by atoms with Crippen LogP contribution in [0.4, 0.5) is 10.1 Å². The third kappa shape index (κ3) is 2.04. The van der Waals surface area contributed by atoms with Crippen molar-refractivity contribution in [1.29, 1.82) is 0 Å². The lowest BCUT2D eigenvalue weighted by Gasteiger charge is -2.38. The van der Waals surface area contributed by atoms with E-state index < -0.39 is 5.60 Å². The second-order valence-corrected chi connectivity index (χ2v) is 5.61. The summed E-state index contributed by atoms with van der Waals surface area (Å²) >= 11 is 0. The molecule has 1 aromatic carbocycles. The molecule has 0 bridgehead atoms. The van der Waals surface area contributed by atoms with Crippen LogP contribution in [-0.2, 0) is 6.42 Å². The first-order valence-electron chi connectivity index (χ1n) is 6.10. The molecular formula is C14H20FNO. The minimum absolute atomic E-state index is 0.0607. The molecule has 1 N–H and O–H groups in total. The molecule has 0 aromatic heterocycles. The second-order valence-electron chi connectivity index (χ2n) is 5.61. The zero-order chi connectivity index (χ0) is 12.8. The highest BCUT2D eigenvalue weighted by molar-refractivity contribution is 5.61. The lowest BCUT2D eigenvalue weighted by atomic mass is 9.94. The summed E-state index contributed by atoms with van der Waals surface area (Å²) in [4.78, 5) is 2.12. The Balaban J connectivity index is 2.49. The van der Waals surface area contributed by atoms with E-state index in [1.54, 1.807) is 19.9 Å². The molecule has 0 spiro atoms. The molecule has 1 aromatic rings. The Kier molecular flexibility index (Phi) is 2.90. The van der Waals surface area contributed by atoms with Crippen molar-refractivity contribution in [3.63, 3.8) is 0 Å². The third-order valence-electron chi connectivity index (χ3n) is 3.48. The molecule has 1 atom stereocenters. The minimum Gasteiger partial charge on any atom is -0.388 e. The Morgan fingerprint density at radius 2 is 2.06 bits per heavy atom. The van der Waals surface area contributed by atoms with Gasteiger partial charge in [-0.1, -0.05) is 6.07 Å². The van der Waals surface area contributed by atoms with E-state index in [1.165, 1.54) is 6.07 Å². The van der Waals surface area contributed by atoms with E-state index in [1.807, 2.05) is 6.07 Å². The number of hydrogen-bond donors (Lipinski definition) is 1. The van der Waals surface area contributed by atoms with Crippen LogP contribution < -0.4 is 4.90 Å². The maximum Gasteiger partial charge on any atom is 0.128 e. The van der Waals surface area contributed by atoms with Gasteiger partial charge in [0.2, 0.25) is 0 Å². The van der Waals surface area contributed by atoms with Crippen molar-refractivity contribution in [2.45, 2.75) is 51.8 Å². The molecule has 1 aliphatic heterocycles. The van der Waals surface area contributed by atoms with Crippen LogP contribution in [0.2, 0.25) is 0 Å². The van der Waals surface area contributed by atoms with E-state index >= 15 is 0 Å². The van der Waals surface area contributed by atoms with Gasteiger partial charge in [-0.3, -0.25) is 0 Å². The normalized spacial score (nSPS) is 19.9. The molecule has 0 aliphatic carbocycles. The fourth-order valence-corrected chi connectivity index (χ4v) is 2.68. The van der Waals surface area contributed by atoms with Gasteiger partial charge in [0.05, 0.1) is 11.6 Å². The quantitative estimate of drug-likeness (QED) is 0.855. The van der Waals surface area contributed by atoms with E-state index in [4.69, 9.17) is 0 Å². The van der Waals surface area contributed by atoms with Crippen molar-refractivity contribution in [3.05, 3.63) is 29.6 Å². The summed E-state index contributed by atoms with van der Waals surface area (Å²) < 4.78 is 13.8. The summed E-state index contributed by atoms with van der Waals surface area (Å²) in [5.74, 6) is -0.167. The summed E-state index contributed by atoms with van der Waals surface area (Å²) in [7, 11) is 0. The van der Waals surface area contributed by atoms with E-state index in [-0.39, 0.29) is 17.9 Å². The van der Waals surface area contributed by atoms with Gasteiger partial charge >= 0.3 is 0 Å². The molecule has 0 amide bonds. The summed E-state index contributed by atoms with van der Waals surface area (Å²) in [6, 6.07) is 5.34. The molecule has 0 saturated carbocycles. The van der Waals surface area contributed by atoms with Crippen LogP contribution in [0.15, 0.2) is 18.2 Å². The van der Waals surface area contributed by atoms with Crippen LogP contribution in [0.25, 0.3) is 0 Å². The SMILES string of the molecule is CC(C)N1c2cccc(F)c2CC1C(C)(C)O. The van der Waals surface area contributed by atoms with Gasteiger partial charge in [0.1, 0.15) is 5.82 Å². The van der Waals surface area contributed by atoms with Gasteiger partial charge in [-0.05, 0) is 39.8 Å². The molecule has 2 rings (SSSR count). The Morgan fingerprint density at radius 3 is 2.59 bits per heavy atom. The predicted octanol–water partition coefficient (Wildman–Crippen LogP) is 2.74. The first-order valence-corrected chi connectivity index (χ1v) is 6.10. The Bertz CT molecular complexity index is 423. The molecule has 1 heterocycles. The fraction of sp³-hybridized carbons (Fsp3) is 0.571. The fourth-order valence-electron chi connectivity index (χ4n) is 2.68. The number of hydrogen-bond acceptors (Lipinski definition) is 2. The van der Waals surface area contributed by atoms with Gasteiger partial charge in [0.15, 0.2) is 0 Å². The molecule has 94 valence electrons. The van der Waals surface area contributed by atoms with Crippen molar-refractivity contribution >= 4 is 5.69 Å². The van der Waals surface area contributed by atoms with Crippen LogP contribution in [0, 0.1) is 5.82 Å². The second kappa shape index (κ2) is 3.98. The lowest BCUT2D eigenvalue weighted by Crippen LogP contribution is -2.50. The van der Waals surface area contributed by atoms with Crippen LogP contribution in [0.5, 0.6) is 0 Å². The van der Waals surface area contributed by atoms with E-state index in [2.05, 4.69) is 18.7 Å². The largest absolute Gasteiger partial charge is 0.388 e. The third-order valence-corrected chi connectivity index (χ3v) is 3.48. The maximum absolute atomic E-state index is 13.8. The first kappa shape index (κ1) is 12.4. The number of rotatable bonds is 2. The Labute approximate surface area is 102 Å². The Hall–Kier alpha value is -1.09. The summed E-state index contributed by atoms with van der Waals surface area (Å²) in [6.07, 6.45) is 0.573. The Morgan fingerprint density at radius 1 is 1.41 bits per heavy atom. The van der Waals surface area contributed by atoms with E-state index in [0.29, 0.717) is 6.42 Å². The van der Waals surface area contributed by atoms with Crippen LogP contribution in [0.1, 0.15) is 33.3 Å². The zero-order valence-corrected chi connectivity index (χ0v) is 10.9. The predicted molar refractivity (Wildman–Crippen MR) is 67.8 cm³/mol. The van der Waals surface area contributed by atoms with Gasteiger partial charge in [-0.15, -0.1) is 0 Å². The topological polar surface area (TPSA) is 23.5 Å². The van der Waals surface area contributed by atoms with E-state index in [9.17, 15) is 9.50 Å². The molecule has 3 heteroatoms. The number of benzene rings is 1. The average molecular weight is 237 g/mol. The summed E-state index contributed by atoms with van der Waals surface area (Å²) in [5.41, 5.74) is 0.816. The van der Waals surface area contributed by atoms with Gasteiger partial charge in [0, 0.05) is 23.7 Å². The van der Waals surface area contributed by atoms with Crippen molar-refractivity contribution in [2.24, 2.45) is 0 Å². The molecule has 0 saturated heterocycles. The van der Waals surface area contributed by atoms with Crippen LogP contribution in [-0.4, -0.2) is 22.8 Å². The molecule has 2 nitrogen and oxygen atoms in total. The molecular weight excluding hydrogens is 217 g/mol. The van der Waals surface area contributed by atoms with Crippen molar-refractivity contribution in [1.82, 2.24) is 0 Å². The lowest BCUT2D eigenvalue weighted by molar-refractivity contribution is 0.0496. The molecule has 1 aliphatic rings. The van der Waals surface area contributed by atoms with Crippen molar-refractivity contribution in [2.75, 3.05) is 4.90 Å². The highest BCUT2D eigenvalue weighted by atomic mass is 19.1. The summed E-state index contributed by atoms with van der Waals surface area (Å²) in [6.45, 7) is 7.71. The van der Waals surface area contributed by atoms with Crippen LogP contribution in [0.3, 0.4) is 0 Å². The standard InChI is InChI=1S/C14H20FNO/c1-9(2)16-12-7-5-6-11(15)10(12)8-13(16)14(3,4)17/h5-7,9,13,17H,8H2,1-4H3. The molecule has 0 radical (unpaired) electrons. The van der Waals surface area contributed by atoms with Gasteiger partial charge < -0.3 is 10.0 Å².